The van der Waals surface area contributed by atoms with Gasteiger partial charge in [-0.15, -0.1) is 9.19 Å². The Labute approximate surface area is 267 Å². The third-order valence-electron chi connectivity index (χ3n) is 7.53. The lowest BCUT2D eigenvalue weighted by Crippen LogP contribution is -2.46. The number of rotatable bonds is 11. The Morgan fingerprint density at radius 1 is 1.15 bits per heavy atom. The molecule has 3 aromatic heterocycles. The summed E-state index contributed by atoms with van der Waals surface area (Å²) >= 11 is 0. The van der Waals surface area contributed by atoms with E-state index in [4.69, 9.17) is 0 Å². The van der Waals surface area contributed by atoms with Crippen molar-refractivity contribution in [2.45, 2.75) is 49.3 Å². The smallest absolute Gasteiger partial charge is 0.284 e. The fourth-order valence-electron chi connectivity index (χ4n) is 5.05. The maximum Gasteiger partial charge on any atom is 0.284 e. The van der Waals surface area contributed by atoms with Crippen molar-refractivity contribution in [3.8, 4) is 0 Å². The SMILES string of the molecule is CC(O)(CNC(=O)c1ccc(S(=O)(=O)n2cncn2)cc1)Cn1c(=O)c(C(F)F)cc2cnc(NC3CCN(S(C)(=O)=O)CC3)nc21. The third kappa shape index (κ3) is 7.61. The Morgan fingerprint density at radius 2 is 1.83 bits per heavy atom. The summed E-state index contributed by atoms with van der Waals surface area (Å²) in [5.41, 5.74) is -3.74. The number of carbonyl (C=O) groups excluding carboxylic acids is 1. The summed E-state index contributed by atoms with van der Waals surface area (Å²) in [6.45, 7) is 0.902. The second kappa shape index (κ2) is 13.0. The fourth-order valence-corrected chi connectivity index (χ4v) is 6.96. The van der Waals surface area contributed by atoms with Gasteiger partial charge in [0.25, 0.3) is 27.9 Å². The van der Waals surface area contributed by atoms with E-state index in [-0.39, 0.29) is 46.6 Å². The predicted molar refractivity (Wildman–Crippen MR) is 164 cm³/mol. The molecule has 16 nitrogen and oxygen atoms in total. The van der Waals surface area contributed by atoms with Gasteiger partial charge < -0.3 is 15.7 Å². The molecule has 47 heavy (non-hydrogen) atoms. The number of pyridine rings is 1. The lowest BCUT2D eigenvalue weighted by Gasteiger charge is -2.30. The highest BCUT2D eigenvalue weighted by Gasteiger charge is 2.28. The quantitative estimate of drug-likeness (QED) is 0.197. The van der Waals surface area contributed by atoms with Crippen molar-refractivity contribution < 1.29 is 35.5 Å². The van der Waals surface area contributed by atoms with Crippen LogP contribution in [0.2, 0.25) is 0 Å². The highest BCUT2D eigenvalue weighted by atomic mass is 32.2. The summed E-state index contributed by atoms with van der Waals surface area (Å²) in [4.78, 5) is 38.0. The van der Waals surface area contributed by atoms with Crippen LogP contribution in [0.15, 0.2) is 58.9 Å². The number of anilines is 1. The number of fused-ring (bicyclic) bond motifs is 1. The van der Waals surface area contributed by atoms with Crippen LogP contribution in [-0.2, 0) is 26.6 Å². The number of piperidine rings is 1. The zero-order valence-electron chi connectivity index (χ0n) is 25.1. The molecule has 0 bridgehead atoms. The molecule has 1 aromatic carbocycles. The molecule has 1 fully saturated rings. The molecule has 252 valence electrons. The Hall–Kier alpha value is -4.40. The van der Waals surface area contributed by atoms with E-state index in [2.05, 4.69) is 30.7 Å². The van der Waals surface area contributed by atoms with Gasteiger partial charge in [0.05, 0.1) is 28.9 Å². The van der Waals surface area contributed by atoms with E-state index < -0.39 is 62.2 Å². The van der Waals surface area contributed by atoms with Crippen LogP contribution in [0.4, 0.5) is 14.7 Å². The van der Waals surface area contributed by atoms with Gasteiger partial charge in [-0.3, -0.25) is 14.2 Å². The van der Waals surface area contributed by atoms with Gasteiger partial charge in [0.15, 0.2) is 0 Å². The molecule has 1 atom stereocenters. The van der Waals surface area contributed by atoms with Gasteiger partial charge in [0.2, 0.25) is 16.0 Å². The van der Waals surface area contributed by atoms with E-state index in [1.165, 1.54) is 41.7 Å². The number of hydrogen-bond acceptors (Lipinski definition) is 12. The average molecular weight is 696 g/mol. The van der Waals surface area contributed by atoms with Gasteiger partial charge in [0.1, 0.15) is 18.3 Å². The van der Waals surface area contributed by atoms with Crippen LogP contribution in [0.5, 0.6) is 0 Å². The van der Waals surface area contributed by atoms with E-state index in [0.29, 0.717) is 16.9 Å². The zero-order valence-corrected chi connectivity index (χ0v) is 26.7. The lowest BCUT2D eigenvalue weighted by atomic mass is 10.1. The number of hydrogen-bond donors (Lipinski definition) is 3. The molecule has 1 saturated heterocycles. The van der Waals surface area contributed by atoms with E-state index in [1.807, 2.05) is 0 Å². The van der Waals surface area contributed by atoms with Crippen molar-refractivity contribution >= 4 is 42.9 Å². The van der Waals surface area contributed by atoms with Gasteiger partial charge in [-0.2, -0.15) is 13.4 Å². The minimum absolute atomic E-state index is 0.0405. The number of benzene rings is 1. The molecular weight excluding hydrogens is 664 g/mol. The van der Waals surface area contributed by atoms with Gasteiger partial charge in [0, 0.05) is 42.8 Å². The Balaban J connectivity index is 1.32. The number of halogens is 2. The molecule has 1 unspecified atom stereocenters. The van der Waals surface area contributed by atoms with Crippen molar-refractivity contribution in [1.82, 2.24) is 38.3 Å². The molecule has 20 heteroatoms. The molecule has 3 N–H and O–H groups in total. The summed E-state index contributed by atoms with van der Waals surface area (Å²) in [5.74, 6) is -0.597. The van der Waals surface area contributed by atoms with E-state index in [1.54, 1.807) is 0 Å². The number of nitrogens with one attached hydrogen (secondary N) is 2. The number of aliphatic hydroxyl groups is 1. The topological polar surface area (TPSA) is 211 Å². The molecule has 1 amide bonds. The second-order valence-corrected chi connectivity index (χ2v) is 15.1. The highest BCUT2D eigenvalue weighted by Crippen LogP contribution is 2.23. The molecule has 1 aliphatic rings. The minimum Gasteiger partial charge on any atom is -0.386 e. The van der Waals surface area contributed by atoms with Crippen LogP contribution >= 0.6 is 0 Å². The fraction of sp³-hybridized carbons (Fsp3) is 0.407. The number of amides is 1. The second-order valence-electron chi connectivity index (χ2n) is 11.3. The predicted octanol–water partition coefficient (Wildman–Crippen LogP) is 0.575. The van der Waals surface area contributed by atoms with Crippen molar-refractivity contribution in [3.63, 3.8) is 0 Å². The van der Waals surface area contributed by atoms with Crippen LogP contribution < -0.4 is 16.2 Å². The number of alkyl halides is 2. The van der Waals surface area contributed by atoms with Gasteiger partial charge in [-0.25, -0.2) is 31.5 Å². The Kier molecular flexibility index (Phi) is 9.40. The third-order valence-corrected chi connectivity index (χ3v) is 10.4. The molecule has 5 rings (SSSR count). The van der Waals surface area contributed by atoms with Crippen LogP contribution in [-0.4, -0.2) is 98.4 Å². The summed E-state index contributed by atoms with van der Waals surface area (Å²) in [6.07, 6.45) is 2.26. The Morgan fingerprint density at radius 3 is 2.43 bits per heavy atom. The number of carbonyl (C=O) groups is 1. The lowest BCUT2D eigenvalue weighted by molar-refractivity contribution is 0.0394. The molecule has 0 radical (unpaired) electrons. The molecule has 4 aromatic rings. The van der Waals surface area contributed by atoms with Gasteiger partial charge >= 0.3 is 0 Å². The van der Waals surface area contributed by atoms with Crippen molar-refractivity contribution in [2.75, 3.05) is 31.2 Å². The molecule has 4 heterocycles. The maximum absolute atomic E-state index is 13.8. The van der Waals surface area contributed by atoms with E-state index >= 15 is 0 Å². The van der Waals surface area contributed by atoms with Crippen LogP contribution in [0, 0.1) is 0 Å². The monoisotopic (exact) mass is 695 g/mol. The van der Waals surface area contributed by atoms with Crippen molar-refractivity contribution in [2.24, 2.45) is 0 Å². The number of sulfonamides is 1. The number of nitrogens with zero attached hydrogens (tertiary/aromatic N) is 7. The summed E-state index contributed by atoms with van der Waals surface area (Å²) < 4.78 is 79.4. The van der Waals surface area contributed by atoms with Gasteiger partial charge in [-0.1, -0.05) is 0 Å². The zero-order chi connectivity index (χ0) is 34.1. The Bertz CT molecular complexity index is 2050. The highest BCUT2D eigenvalue weighted by molar-refractivity contribution is 7.89. The molecule has 0 spiro atoms. The number of aromatic nitrogens is 6. The summed E-state index contributed by atoms with van der Waals surface area (Å²) in [7, 11) is -7.35. The first-order valence-corrected chi connectivity index (χ1v) is 17.5. The largest absolute Gasteiger partial charge is 0.386 e. The van der Waals surface area contributed by atoms with Crippen LogP contribution in [0.3, 0.4) is 0 Å². The molecule has 1 aliphatic heterocycles. The molecule has 0 saturated carbocycles. The summed E-state index contributed by atoms with van der Waals surface area (Å²) in [5, 5.41) is 20.5. The van der Waals surface area contributed by atoms with Crippen LogP contribution in [0.25, 0.3) is 11.0 Å². The molecular formula is C27H31F2N9O7S2. The standard InChI is InChI=1S/C27H31F2N9O7S2/c1-27(41,13-32-24(39)17-3-5-20(6-4-17)47(44,45)38-16-30-15-33-38)14-37-23-18(11-21(22(28)29)25(37)40)12-31-26(35-23)34-19-7-9-36(10-8-19)46(2,42)43/h3-6,11-12,15-16,19,22,41H,7-10,13-14H2,1-2H3,(H,32,39)(H,31,34,35). The first-order valence-electron chi connectivity index (χ1n) is 14.2. The normalized spacial score (nSPS) is 16.3. The van der Waals surface area contributed by atoms with E-state index in [0.717, 1.165) is 29.5 Å². The van der Waals surface area contributed by atoms with Crippen molar-refractivity contribution in [3.05, 3.63) is 70.7 Å². The van der Waals surface area contributed by atoms with Crippen molar-refractivity contribution in [1.29, 1.82) is 0 Å². The maximum atomic E-state index is 13.8. The van der Waals surface area contributed by atoms with Gasteiger partial charge in [-0.05, 0) is 50.1 Å². The van der Waals surface area contributed by atoms with E-state index in [9.17, 15) is 40.3 Å². The first kappa shape index (κ1) is 33.9. The minimum atomic E-state index is -4.01. The first-order chi connectivity index (χ1) is 22.0. The van der Waals surface area contributed by atoms with Crippen LogP contribution in [0.1, 0.15) is 42.1 Å². The average Bonchev–Trinajstić information content (AvgIpc) is 3.57. The molecule has 0 aliphatic carbocycles. The summed E-state index contributed by atoms with van der Waals surface area (Å²) in [6, 6.07) is 5.71.